The van der Waals surface area contributed by atoms with Crippen LogP contribution in [0.5, 0.6) is 0 Å². The van der Waals surface area contributed by atoms with Gasteiger partial charge in [-0.3, -0.25) is 9.89 Å². The molecule has 0 aliphatic heterocycles. The number of aromatic amines is 1. The van der Waals surface area contributed by atoms with Crippen molar-refractivity contribution < 1.29 is 9.72 Å². The minimum atomic E-state index is -0.536. The number of hydrogen-bond donors (Lipinski definition) is 2. The molecule has 0 aliphatic carbocycles. The number of amides is 1. The highest BCUT2D eigenvalue weighted by Crippen LogP contribution is 2.14. The largest absolute Gasteiger partial charge is 0.358 e. The molecule has 0 bridgehead atoms. The van der Waals surface area contributed by atoms with Crippen molar-refractivity contribution in [3.05, 3.63) is 45.9 Å². The summed E-state index contributed by atoms with van der Waals surface area (Å²) < 4.78 is 1.24. The van der Waals surface area contributed by atoms with Crippen LogP contribution in [0.4, 0.5) is 5.82 Å². The average molecular weight is 249 g/mol. The molecule has 0 radical (unpaired) electrons. The molecule has 0 aromatic carbocycles. The Kier molecular flexibility index (Phi) is 3.09. The van der Waals surface area contributed by atoms with Gasteiger partial charge in [0.2, 0.25) is 0 Å². The van der Waals surface area contributed by atoms with Gasteiger partial charge in [0.1, 0.15) is 0 Å². The summed E-state index contributed by atoms with van der Waals surface area (Å²) in [5.41, 5.74) is 0.994. The molecule has 18 heavy (non-hydrogen) atoms. The van der Waals surface area contributed by atoms with Gasteiger partial charge in [0, 0.05) is 12.3 Å². The summed E-state index contributed by atoms with van der Waals surface area (Å²) in [4.78, 5) is 21.9. The van der Waals surface area contributed by atoms with Crippen molar-refractivity contribution in [2.24, 2.45) is 7.05 Å². The van der Waals surface area contributed by atoms with Crippen LogP contribution >= 0.6 is 0 Å². The maximum absolute atomic E-state index is 11.8. The lowest BCUT2D eigenvalue weighted by Gasteiger charge is -2.02. The summed E-state index contributed by atoms with van der Waals surface area (Å²) >= 11 is 0. The van der Waals surface area contributed by atoms with Crippen molar-refractivity contribution in [1.82, 2.24) is 20.1 Å². The number of nitrogens with zero attached hydrogens (tertiary/aromatic N) is 3. The molecule has 0 saturated heterocycles. The van der Waals surface area contributed by atoms with E-state index in [4.69, 9.17) is 0 Å². The van der Waals surface area contributed by atoms with Gasteiger partial charge >= 0.3 is 5.82 Å². The molecule has 8 nitrogen and oxygen atoms in total. The van der Waals surface area contributed by atoms with Gasteiger partial charge in [-0.15, -0.1) is 0 Å². The van der Waals surface area contributed by atoms with E-state index in [1.807, 2.05) is 0 Å². The molecule has 2 aromatic heterocycles. The molecule has 1 amide bonds. The van der Waals surface area contributed by atoms with Crippen LogP contribution in [-0.2, 0) is 13.6 Å². The minimum absolute atomic E-state index is 0.123. The topological polar surface area (TPSA) is 106 Å². The quantitative estimate of drug-likeness (QED) is 0.610. The zero-order valence-electron chi connectivity index (χ0n) is 9.58. The molecule has 2 rings (SSSR count). The van der Waals surface area contributed by atoms with E-state index >= 15 is 0 Å². The van der Waals surface area contributed by atoms with Crippen LogP contribution in [0.2, 0.25) is 0 Å². The third kappa shape index (κ3) is 2.21. The third-order valence-corrected chi connectivity index (χ3v) is 2.51. The summed E-state index contributed by atoms with van der Waals surface area (Å²) in [5.74, 6) is -0.498. The Bertz CT molecular complexity index is 572. The number of aromatic nitrogens is 3. The second kappa shape index (κ2) is 4.70. The Labute approximate surface area is 102 Å². The normalized spacial score (nSPS) is 10.3. The Morgan fingerprint density at radius 1 is 1.56 bits per heavy atom. The Hall–Kier alpha value is -2.64. The lowest BCUT2D eigenvalue weighted by atomic mass is 10.3. The lowest BCUT2D eigenvalue weighted by molar-refractivity contribution is -0.391. The van der Waals surface area contributed by atoms with E-state index in [2.05, 4.69) is 15.5 Å². The molecule has 2 N–H and O–H groups in total. The fraction of sp³-hybridized carbons (Fsp3) is 0.200. The highest BCUT2D eigenvalue weighted by Gasteiger charge is 2.20. The van der Waals surface area contributed by atoms with Crippen molar-refractivity contribution in [1.29, 1.82) is 0 Å². The summed E-state index contributed by atoms with van der Waals surface area (Å²) in [6.07, 6.45) is 1.58. The number of nitrogens with one attached hydrogen (secondary N) is 2. The molecule has 2 aromatic rings. The number of carbonyl (C=O) groups is 1. The summed E-state index contributed by atoms with van der Waals surface area (Å²) in [6.45, 7) is 0.289. The number of hydrogen-bond acceptors (Lipinski definition) is 4. The van der Waals surface area contributed by atoms with Gasteiger partial charge in [-0.1, -0.05) is 0 Å². The molecule has 2 heterocycles. The third-order valence-electron chi connectivity index (χ3n) is 2.51. The molecular formula is C10H11N5O3. The van der Waals surface area contributed by atoms with E-state index in [1.165, 1.54) is 23.7 Å². The maximum atomic E-state index is 11.8. The average Bonchev–Trinajstić information content (AvgIpc) is 2.94. The first-order chi connectivity index (χ1) is 8.59. The van der Waals surface area contributed by atoms with E-state index in [-0.39, 0.29) is 24.0 Å². The van der Waals surface area contributed by atoms with Gasteiger partial charge in [-0.05, 0) is 17.1 Å². The van der Waals surface area contributed by atoms with Crippen LogP contribution in [0.25, 0.3) is 0 Å². The zero-order chi connectivity index (χ0) is 13.1. The number of nitro groups is 1. The van der Waals surface area contributed by atoms with Crippen molar-refractivity contribution in [2.75, 3.05) is 0 Å². The molecule has 0 spiro atoms. The second-order valence-electron chi connectivity index (χ2n) is 3.66. The van der Waals surface area contributed by atoms with Crippen LogP contribution < -0.4 is 5.32 Å². The molecule has 8 heteroatoms. The second-order valence-corrected chi connectivity index (χ2v) is 3.66. The number of rotatable bonds is 4. The first-order valence-electron chi connectivity index (χ1n) is 5.16. The Balaban J connectivity index is 2.07. The van der Waals surface area contributed by atoms with Crippen molar-refractivity contribution in [3.63, 3.8) is 0 Å². The molecule has 0 saturated carbocycles. The molecular weight excluding hydrogens is 238 g/mol. The number of carbonyl (C=O) groups excluding carboxylic acids is 1. The first kappa shape index (κ1) is 11.8. The Morgan fingerprint density at radius 3 is 2.89 bits per heavy atom. The standard InChI is InChI=1S/C10H11N5O3/c1-14-8(2-3-9(14)15(17)18)10(16)11-6-7-4-5-12-13-7/h2-5H,6H2,1H3,(H,11,16)(H,12,13). The van der Waals surface area contributed by atoms with E-state index < -0.39 is 4.92 Å². The fourth-order valence-electron chi connectivity index (χ4n) is 1.56. The molecule has 94 valence electrons. The van der Waals surface area contributed by atoms with Crippen molar-refractivity contribution in [3.8, 4) is 0 Å². The van der Waals surface area contributed by atoms with Gasteiger partial charge in [0.05, 0.1) is 19.3 Å². The van der Waals surface area contributed by atoms with Crippen LogP contribution in [0.15, 0.2) is 24.4 Å². The molecule has 0 aliphatic rings. The highest BCUT2D eigenvalue weighted by atomic mass is 16.6. The summed E-state index contributed by atoms with van der Waals surface area (Å²) in [6, 6.07) is 4.44. The van der Waals surface area contributed by atoms with Crippen molar-refractivity contribution in [2.45, 2.75) is 6.54 Å². The predicted octanol–water partition coefficient (Wildman–Crippen LogP) is 0.586. The predicted molar refractivity (Wildman–Crippen MR) is 61.8 cm³/mol. The lowest BCUT2D eigenvalue weighted by Crippen LogP contribution is -2.25. The fourth-order valence-corrected chi connectivity index (χ4v) is 1.56. The first-order valence-corrected chi connectivity index (χ1v) is 5.16. The molecule has 0 fully saturated rings. The molecule has 0 atom stereocenters. The van der Waals surface area contributed by atoms with Crippen LogP contribution in [0.3, 0.4) is 0 Å². The summed E-state index contributed by atoms with van der Waals surface area (Å²) in [7, 11) is 1.48. The molecule has 0 unspecified atom stereocenters. The van der Waals surface area contributed by atoms with Gasteiger partial charge in [0.15, 0.2) is 5.69 Å². The Morgan fingerprint density at radius 2 is 2.33 bits per heavy atom. The van der Waals surface area contributed by atoms with E-state index in [0.717, 1.165) is 5.69 Å². The maximum Gasteiger partial charge on any atom is 0.323 e. The zero-order valence-corrected chi connectivity index (χ0v) is 9.58. The van der Waals surface area contributed by atoms with Crippen LogP contribution in [0, 0.1) is 10.1 Å². The van der Waals surface area contributed by atoms with Crippen LogP contribution in [-0.4, -0.2) is 25.6 Å². The van der Waals surface area contributed by atoms with Gasteiger partial charge < -0.3 is 15.4 Å². The number of H-pyrrole nitrogens is 1. The monoisotopic (exact) mass is 249 g/mol. The van der Waals surface area contributed by atoms with Gasteiger partial charge in [-0.25, -0.2) is 4.57 Å². The summed E-state index contributed by atoms with van der Waals surface area (Å²) in [5, 5.41) is 19.7. The van der Waals surface area contributed by atoms with Crippen LogP contribution in [0.1, 0.15) is 16.2 Å². The minimum Gasteiger partial charge on any atom is -0.358 e. The van der Waals surface area contributed by atoms with Crippen molar-refractivity contribution >= 4 is 11.7 Å². The van der Waals surface area contributed by atoms with E-state index in [1.54, 1.807) is 12.3 Å². The van der Waals surface area contributed by atoms with E-state index in [9.17, 15) is 14.9 Å². The highest BCUT2D eigenvalue weighted by molar-refractivity contribution is 5.93. The van der Waals surface area contributed by atoms with Gasteiger partial charge in [-0.2, -0.15) is 5.10 Å². The SMILES string of the molecule is Cn1c(C(=O)NCc2ccn[nH]2)ccc1[N+](=O)[O-]. The van der Waals surface area contributed by atoms with Gasteiger partial charge in [0.25, 0.3) is 5.91 Å². The smallest absolute Gasteiger partial charge is 0.323 e. The van der Waals surface area contributed by atoms with E-state index in [0.29, 0.717) is 0 Å².